The van der Waals surface area contributed by atoms with Gasteiger partial charge in [-0.05, 0) is 38.0 Å². The van der Waals surface area contributed by atoms with E-state index >= 15 is 0 Å². The van der Waals surface area contributed by atoms with Gasteiger partial charge < -0.3 is 14.9 Å². The summed E-state index contributed by atoms with van der Waals surface area (Å²) in [6.07, 6.45) is -0.216. The van der Waals surface area contributed by atoms with Gasteiger partial charge in [-0.3, -0.25) is 9.59 Å². The molecule has 3 rings (SSSR count). The molecule has 7 heteroatoms. The highest BCUT2D eigenvalue weighted by Gasteiger charge is 2.23. The van der Waals surface area contributed by atoms with Crippen molar-refractivity contribution in [2.24, 2.45) is 0 Å². The summed E-state index contributed by atoms with van der Waals surface area (Å²) in [6, 6.07) is 8.40. The summed E-state index contributed by atoms with van der Waals surface area (Å²) < 4.78 is 5.16. The van der Waals surface area contributed by atoms with Crippen LogP contribution in [0.1, 0.15) is 45.3 Å². The second-order valence-electron chi connectivity index (χ2n) is 6.24. The van der Waals surface area contributed by atoms with Gasteiger partial charge in [-0.25, -0.2) is 4.98 Å². The van der Waals surface area contributed by atoms with Crippen molar-refractivity contribution in [3.05, 3.63) is 58.4 Å². The average Bonchev–Trinajstić information content (AvgIpc) is 2.94. The Balaban J connectivity index is 2.00. The molecule has 1 aromatic carbocycles. The standard InChI is InChI=1S/C19H19N3O4/c1-10-6-4-5-7-13(10)15(9-16(23)24)21-18(25)14-8-11(2)20-19-17(14)12(3)22-26-19/h4-8,15H,9H2,1-3H3,(H,21,25)(H,23,24). The molecular formula is C19H19N3O4. The summed E-state index contributed by atoms with van der Waals surface area (Å²) in [7, 11) is 0. The van der Waals surface area contributed by atoms with E-state index in [9.17, 15) is 14.7 Å². The van der Waals surface area contributed by atoms with E-state index in [0.717, 1.165) is 11.1 Å². The van der Waals surface area contributed by atoms with E-state index in [-0.39, 0.29) is 12.3 Å². The van der Waals surface area contributed by atoms with Crippen LogP contribution < -0.4 is 5.32 Å². The van der Waals surface area contributed by atoms with Crippen molar-refractivity contribution in [1.82, 2.24) is 15.5 Å². The second kappa shape index (κ2) is 6.95. The molecule has 0 aliphatic rings. The number of hydrogen-bond acceptors (Lipinski definition) is 5. The normalized spacial score (nSPS) is 12.1. The fourth-order valence-electron chi connectivity index (χ4n) is 3.02. The number of carboxylic acids is 1. The maximum Gasteiger partial charge on any atom is 0.305 e. The molecule has 0 saturated carbocycles. The van der Waals surface area contributed by atoms with Gasteiger partial charge in [-0.15, -0.1) is 0 Å². The lowest BCUT2D eigenvalue weighted by Gasteiger charge is -2.19. The van der Waals surface area contributed by atoms with Gasteiger partial charge in [0.1, 0.15) is 0 Å². The van der Waals surface area contributed by atoms with E-state index < -0.39 is 12.0 Å². The van der Waals surface area contributed by atoms with Crippen LogP contribution in [0.15, 0.2) is 34.9 Å². The van der Waals surface area contributed by atoms with Gasteiger partial charge in [0.05, 0.1) is 29.1 Å². The highest BCUT2D eigenvalue weighted by molar-refractivity contribution is 6.06. The van der Waals surface area contributed by atoms with Gasteiger partial charge in [0, 0.05) is 5.69 Å². The molecule has 2 aromatic heterocycles. The first-order valence-corrected chi connectivity index (χ1v) is 8.18. The van der Waals surface area contributed by atoms with Crippen LogP contribution in [-0.4, -0.2) is 27.1 Å². The van der Waals surface area contributed by atoms with Crippen molar-refractivity contribution in [2.75, 3.05) is 0 Å². The van der Waals surface area contributed by atoms with E-state index in [1.54, 1.807) is 19.9 Å². The van der Waals surface area contributed by atoms with E-state index in [1.807, 2.05) is 31.2 Å². The van der Waals surface area contributed by atoms with Crippen LogP contribution in [0.25, 0.3) is 11.1 Å². The summed E-state index contributed by atoms with van der Waals surface area (Å²) in [5.74, 6) is -1.38. The van der Waals surface area contributed by atoms with Crippen LogP contribution in [0.2, 0.25) is 0 Å². The Bertz CT molecular complexity index is 994. The number of amides is 1. The number of rotatable bonds is 5. The maximum atomic E-state index is 12.9. The van der Waals surface area contributed by atoms with E-state index in [4.69, 9.17) is 4.52 Å². The van der Waals surface area contributed by atoms with Gasteiger partial charge in [0.2, 0.25) is 0 Å². The highest BCUT2D eigenvalue weighted by atomic mass is 16.5. The molecular weight excluding hydrogens is 334 g/mol. The molecule has 2 N–H and O–H groups in total. The fraction of sp³-hybridized carbons (Fsp3) is 0.263. The lowest BCUT2D eigenvalue weighted by molar-refractivity contribution is -0.137. The van der Waals surface area contributed by atoms with Crippen molar-refractivity contribution in [1.29, 1.82) is 0 Å². The summed E-state index contributed by atoms with van der Waals surface area (Å²) in [5, 5.41) is 16.5. The van der Waals surface area contributed by atoms with E-state index in [0.29, 0.717) is 28.1 Å². The number of hydrogen-bond donors (Lipinski definition) is 2. The number of carbonyl (C=O) groups is 2. The van der Waals surface area contributed by atoms with Crippen LogP contribution in [0.5, 0.6) is 0 Å². The number of benzene rings is 1. The van der Waals surface area contributed by atoms with E-state index in [1.165, 1.54) is 0 Å². The molecule has 0 radical (unpaired) electrons. The lowest BCUT2D eigenvalue weighted by atomic mass is 9.98. The highest BCUT2D eigenvalue weighted by Crippen LogP contribution is 2.25. The molecule has 0 bridgehead atoms. The fourth-order valence-corrected chi connectivity index (χ4v) is 3.02. The minimum absolute atomic E-state index is 0.216. The Hall–Kier alpha value is -3.22. The third kappa shape index (κ3) is 3.42. The summed E-state index contributed by atoms with van der Waals surface area (Å²) in [4.78, 5) is 28.5. The number of aryl methyl sites for hydroxylation is 3. The number of aliphatic carboxylic acids is 1. The lowest BCUT2D eigenvalue weighted by Crippen LogP contribution is -2.31. The average molecular weight is 353 g/mol. The van der Waals surface area contributed by atoms with Crippen molar-refractivity contribution in [3.63, 3.8) is 0 Å². The number of nitrogens with one attached hydrogen (secondary N) is 1. The first-order valence-electron chi connectivity index (χ1n) is 8.18. The molecule has 1 atom stereocenters. The molecule has 7 nitrogen and oxygen atoms in total. The minimum atomic E-state index is -0.990. The van der Waals surface area contributed by atoms with Crippen molar-refractivity contribution in [2.45, 2.75) is 33.2 Å². The zero-order valence-corrected chi connectivity index (χ0v) is 14.7. The van der Waals surface area contributed by atoms with Crippen LogP contribution in [0.4, 0.5) is 0 Å². The number of carboxylic acid groups (broad SMARTS) is 1. The predicted octanol–water partition coefficient (Wildman–Crippen LogP) is 3.09. The Morgan fingerprint density at radius 1 is 1.23 bits per heavy atom. The zero-order valence-electron chi connectivity index (χ0n) is 14.7. The molecule has 0 spiro atoms. The van der Waals surface area contributed by atoms with Crippen LogP contribution in [0.3, 0.4) is 0 Å². The number of nitrogens with zero attached hydrogens (tertiary/aromatic N) is 2. The molecule has 134 valence electrons. The number of aromatic nitrogens is 2. The third-order valence-corrected chi connectivity index (χ3v) is 4.24. The second-order valence-corrected chi connectivity index (χ2v) is 6.24. The quantitative estimate of drug-likeness (QED) is 0.730. The Morgan fingerprint density at radius 2 is 1.96 bits per heavy atom. The Labute approximate surface area is 150 Å². The number of pyridine rings is 1. The Kier molecular flexibility index (Phi) is 4.71. The predicted molar refractivity (Wildman–Crippen MR) is 94.9 cm³/mol. The molecule has 2 heterocycles. The Morgan fingerprint density at radius 3 is 2.65 bits per heavy atom. The SMILES string of the molecule is Cc1cc(C(=O)NC(CC(=O)O)c2ccccc2C)c2c(C)noc2n1. The van der Waals surface area contributed by atoms with Crippen molar-refractivity contribution < 1.29 is 19.2 Å². The van der Waals surface area contributed by atoms with Crippen LogP contribution >= 0.6 is 0 Å². The van der Waals surface area contributed by atoms with Crippen LogP contribution in [-0.2, 0) is 4.79 Å². The van der Waals surface area contributed by atoms with Gasteiger partial charge >= 0.3 is 5.97 Å². The first kappa shape index (κ1) is 17.6. The smallest absolute Gasteiger partial charge is 0.305 e. The summed E-state index contributed by atoms with van der Waals surface area (Å²) in [5.41, 5.74) is 3.52. The largest absolute Gasteiger partial charge is 0.481 e. The first-order chi connectivity index (χ1) is 12.4. The third-order valence-electron chi connectivity index (χ3n) is 4.24. The minimum Gasteiger partial charge on any atom is -0.481 e. The molecule has 1 unspecified atom stereocenters. The molecule has 1 amide bonds. The molecule has 0 aliphatic heterocycles. The molecule has 0 aliphatic carbocycles. The van der Waals surface area contributed by atoms with E-state index in [2.05, 4.69) is 15.5 Å². The zero-order chi connectivity index (χ0) is 18.8. The van der Waals surface area contributed by atoms with Crippen molar-refractivity contribution >= 4 is 23.0 Å². The molecule has 0 saturated heterocycles. The molecule has 3 aromatic rings. The number of fused-ring (bicyclic) bond motifs is 1. The molecule has 26 heavy (non-hydrogen) atoms. The molecule has 0 fully saturated rings. The maximum absolute atomic E-state index is 12.9. The van der Waals surface area contributed by atoms with Gasteiger partial charge in [0.25, 0.3) is 11.6 Å². The topological polar surface area (TPSA) is 105 Å². The van der Waals surface area contributed by atoms with Gasteiger partial charge in [-0.1, -0.05) is 29.4 Å². The van der Waals surface area contributed by atoms with Gasteiger partial charge in [-0.2, -0.15) is 0 Å². The summed E-state index contributed by atoms with van der Waals surface area (Å²) >= 11 is 0. The van der Waals surface area contributed by atoms with Crippen molar-refractivity contribution in [3.8, 4) is 0 Å². The van der Waals surface area contributed by atoms with Crippen LogP contribution in [0, 0.1) is 20.8 Å². The van der Waals surface area contributed by atoms with Gasteiger partial charge in [0.15, 0.2) is 0 Å². The monoisotopic (exact) mass is 353 g/mol. The summed E-state index contributed by atoms with van der Waals surface area (Å²) in [6.45, 7) is 5.37. The number of carbonyl (C=O) groups excluding carboxylic acids is 1.